The predicted molar refractivity (Wildman–Crippen MR) is 69.9 cm³/mol. The van der Waals surface area contributed by atoms with E-state index in [1.54, 1.807) is 12.3 Å². The smallest absolute Gasteiger partial charge is 0.319 e. The van der Waals surface area contributed by atoms with Crippen LogP contribution in [-0.2, 0) is 0 Å². The van der Waals surface area contributed by atoms with Gasteiger partial charge >= 0.3 is 6.01 Å². The van der Waals surface area contributed by atoms with Gasteiger partial charge in [-0.15, -0.1) is 0 Å². The minimum atomic E-state index is 0.220. The highest BCUT2D eigenvalue weighted by atomic mass is 35.5. The molecule has 0 saturated carbocycles. The molecule has 0 radical (unpaired) electrons. The topological polar surface area (TPSA) is 66.4 Å². The van der Waals surface area contributed by atoms with Crippen LogP contribution in [0.2, 0.25) is 5.02 Å². The van der Waals surface area contributed by atoms with Gasteiger partial charge in [0.1, 0.15) is 0 Å². The molecule has 0 aliphatic rings. The molecule has 0 bridgehead atoms. The van der Waals surface area contributed by atoms with Crippen LogP contribution in [0.15, 0.2) is 18.5 Å². The van der Waals surface area contributed by atoms with Crippen LogP contribution >= 0.6 is 11.6 Å². The standard InChI is InChI=1S/C12H12ClN3O3/c1-17-10-4-7(9(13)6-14-10)8-5-15-12(19-3)16-11(8)18-2/h4-6H,1-3H3. The normalized spacial score (nSPS) is 10.1. The summed E-state index contributed by atoms with van der Waals surface area (Å²) in [6.07, 6.45) is 3.07. The first-order chi connectivity index (χ1) is 9.19. The Morgan fingerprint density at radius 1 is 0.947 bits per heavy atom. The van der Waals surface area contributed by atoms with Crippen molar-refractivity contribution in [2.45, 2.75) is 0 Å². The Bertz CT molecular complexity index is 592. The van der Waals surface area contributed by atoms with E-state index in [0.717, 1.165) is 0 Å². The summed E-state index contributed by atoms with van der Waals surface area (Å²) < 4.78 is 15.2. The molecule has 0 aromatic carbocycles. The Balaban J connectivity index is 2.57. The van der Waals surface area contributed by atoms with Crippen LogP contribution in [0.4, 0.5) is 0 Å². The number of hydrogen-bond acceptors (Lipinski definition) is 6. The summed E-state index contributed by atoms with van der Waals surface area (Å²) in [6.45, 7) is 0. The van der Waals surface area contributed by atoms with Crippen molar-refractivity contribution < 1.29 is 14.2 Å². The van der Waals surface area contributed by atoms with Crippen LogP contribution in [0.3, 0.4) is 0 Å². The van der Waals surface area contributed by atoms with E-state index in [1.165, 1.54) is 27.5 Å². The molecule has 0 aliphatic heterocycles. The van der Waals surface area contributed by atoms with E-state index in [-0.39, 0.29) is 6.01 Å². The van der Waals surface area contributed by atoms with Gasteiger partial charge in [-0.25, -0.2) is 9.97 Å². The molecule has 0 amide bonds. The Morgan fingerprint density at radius 3 is 2.37 bits per heavy atom. The molecule has 0 aliphatic carbocycles. The molecule has 2 aromatic rings. The molecule has 7 heteroatoms. The first-order valence-electron chi connectivity index (χ1n) is 5.34. The van der Waals surface area contributed by atoms with Crippen molar-refractivity contribution in [3.8, 4) is 28.9 Å². The predicted octanol–water partition coefficient (Wildman–Crippen LogP) is 2.22. The van der Waals surface area contributed by atoms with Crippen molar-refractivity contribution in [3.63, 3.8) is 0 Å². The maximum absolute atomic E-state index is 6.13. The lowest BCUT2D eigenvalue weighted by atomic mass is 10.1. The largest absolute Gasteiger partial charge is 0.481 e. The maximum atomic E-state index is 6.13. The van der Waals surface area contributed by atoms with Gasteiger partial charge < -0.3 is 14.2 Å². The molecule has 2 aromatic heterocycles. The lowest BCUT2D eigenvalue weighted by Gasteiger charge is -2.10. The summed E-state index contributed by atoms with van der Waals surface area (Å²) in [4.78, 5) is 12.2. The zero-order chi connectivity index (χ0) is 13.8. The fourth-order valence-corrected chi connectivity index (χ4v) is 1.73. The fraction of sp³-hybridized carbons (Fsp3) is 0.250. The molecule has 19 heavy (non-hydrogen) atoms. The molecule has 0 spiro atoms. The molecule has 0 unspecified atom stereocenters. The minimum Gasteiger partial charge on any atom is -0.481 e. The molecule has 2 rings (SSSR count). The molecule has 6 nitrogen and oxygen atoms in total. The van der Waals surface area contributed by atoms with Gasteiger partial charge in [-0.05, 0) is 0 Å². The van der Waals surface area contributed by atoms with Crippen molar-refractivity contribution >= 4 is 11.6 Å². The number of methoxy groups -OCH3 is 3. The third-order valence-corrected chi connectivity index (χ3v) is 2.74. The Morgan fingerprint density at radius 2 is 1.74 bits per heavy atom. The third-order valence-electron chi connectivity index (χ3n) is 2.44. The lowest BCUT2D eigenvalue weighted by Crippen LogP contribution is -1.98. The highest BCUT2D eigenvalue weighted by molar-refractivity contribution is 6.33. The quantitative estimate of drug-likeness (QED) is 0.856. The van der Waals surface area contributed by atoms with E-state index in [2.05, 4.69) is 15.0 Å². The van der Waals surface area contributed by atoms with Crippen LogP contribution in [0.25, 0.3) is 11.1 Å². The average molecular weight is 282 g/mol. The summed E-state index contributed by atoms with van der Waals surface area (Å²) in [6, 6.07) is 1.91. The monoisotopic (exact) mass is 281 g/mol. The van der Waals surface area contributed by atoms with Gasteiger partial charge in [-0.1, -0.05) is 11.6 Å². The maximum Gasteiger partial charge on any atom is 0.319 e. The molecule has 2 heterocycles. The van der Waals surface area contributed by atoms with Gasteiger partial charge in [0, 0.05) is 17.8 Å². The number of nitrogens with zero attached hydrogens (tertiary/aromatic N) is 3. The molecule has 0 atom stereocenters. The Kier molecular flexibility index (Phi) is 4.01. The molecule has 100 valence electrons. The lowest BCUT2D eigenvalue weighted by molar-refractivity contribution is 0.353. The molecular formula is C12H12ClN3O3. The average Bonchev–Trinajstić information content (AvgIpc) is 2.47. The SMILES string of the molecule is COc1cc(-c2cnc(OC)nc2OC)c(Cl)cn1. The molecular weight excluding hydrogens is 270 g/mol. The number of rotatable bonds is 4. The number of pyridine rings is 1. The first kappa shape index (κ1) is 13.4. The molecule has 0 fully saturated rings. The number of hydrogen-bond donors (Lipinski definition) is 0. The van der Waals surface area contributed by atoms with Gasteiger partial charge in [0.05, 0.1) is 38.1 Å². The first-order valence-corrected chi connectivity index (χ1v) is 5.72. The third kappa shape index (κ3) is 2.68. The summed E-state index contributed by atoms with van der Waals surface area (Å²) in [5.74, 6) is 0.805. The van der Waals surface area contributed by atoms with Crippen LogP contribution in [-0.4, -0.2) is 36.3 Å². The van der Waals surface area contributed by atoms with Gasteiger partial charge in [-0.2, -0.15) is 4.98 Å². The van der Waals surface area contributed by atoms with Gasteiger partial charge in [0.15, 0.2) is 0 Å². The van der Waals surface area contributed by atoms with Crippen LogP contribution in [0.1, 0.15) is 0 Å². The van der Waals surface area contributed by atoms with E-state index >= 15 is 0 Å². The van der Waals surface area contributed by atoms with E-state index in [9.17, 15) is 0 Å². The second-order valence-electron chi connectivity index (χ2n) is 3.49. The number of halogens is 1. The Labute approximate surface area is 115 Å². The summed E-state index contributed by atoms with van der Waals surface area (Å²) in [5.41, 5.74) is 1.31. The zero-order valence-corrected chi connectivity index (χ0v) is 11.4. The highest BCUT2D eigenvalue weighted by Crippen LogP contribution is 2.35. The van der Waals surface area contributed by atoms with Crippen molar-refractivity contribution in [1.29, 1.82) is 0 Å². The summed E-state index contributed by atoms with van der Waals surface area (Å²) >= 11 is 6.13. The van der Waals surface area contributed by atoms with Crippen molar-refractivity contribution in [1.82, 2.24) is 15.0 Å². The van der Waals surface area contributed by atoms with E-state index < -0.39 is 0 Å². The van der Waals surface area contributed by atoms with Crippen LogP contribution in [0.5, 0.6) is 17.8 Å². The number of ether oxygens (including phenoxy) is 3. The van der Waals surface area contributed by atoms with Crippen LogP contribution in [0, 0.1) is 0 Å². The minimum absolute atomic E-state index is 0.220. The van der Waals surface area contributed by atoms with Gasteiger partial charge in [0.25, 0.3) is 0 Å². The van der Waals surface area contributed by atoms with Gasteiger partial charge in [-0.3, -0.25) is 0 Å². The van der Waals surface area contributed by atoms with Gasteiger partial charge in [0.2, 0.25) is 11.8 Å². The summed E-state index contributed by atoms with van der Waals surface area (Å²) in [7, 11) is 4.52. The van der Waals surface area contributed by atoms with Crippen molar-refractivity contribution in [3.05, 3.63) is 23.5 Å². The van der Waals surface area contributed by atoms with Crippen LogP contribution < -0.4 is 14.2 Å². The number of aromatic nitrogens is 3. The second-order valence-corrected chi connectivity index (χ2v) is 3.89. The van der Waals surface area contributed by atoms with Crippen molar-refractivity contribution in [2.24, 2.45) is 0 Å². The molecule has 0 saturated heterocycles. The van der Waals surface area contributed by atoms with E-state index in [4.69, 9.17) is 25.8 Å². The Hall–Kier alpha value is -2.08. The highest BCUT2D eigenvalue weighted by Gasteiger charge is 2.14. The second kappa shape index (κ2) is 5.71. The fourth-order valence-electron chi connectivity index (χ4n) is 1.53. The van der Waals surface area contributed by atoms with E-state index in [0.29, 0.717) is 27.9 Å². The molecule has 0 N–H and O–H groups in total. The van der Waals surface area contributed by atoms with Crippen molar-refractivity contribution in [2.75, 3.05) is 21.3 Å². The summed E-state index contributed by atoms with van der Waals surface area (Å²) in [5, 5.41) is 0.452. The zero-order valence-electron chi connectivity index (χ0n) is 10.7. The van der Waals surface area contributed by atoms with E-state index in [1.807, 2.05) is 0 Å².